The molecule has 6 nitrogen and oxygen atoms in total. The quantitative estimate of drug-likeness (QED) is 0.405. The average Bonchev–Trinajstić information content (AvgIpc) is 3.45. The Labute approximate surface area is 177 Å². The van der Waals surface area contributed by atoms with E-state index < -0.39 is 0 Å². The summed E-state index contributed by atoms with van der Waals surface area (Å²) in [6, 6.07) is 17.7. The zero-order valence-corrected chi connectivity index (χ0v) is 17.2. The highest BCUT2D eigenvalue weighted by Crippen LogP contribution is 2.41. The third kappa shape index (κ3) is 3.85. The number of ether oxygens (including phenoxy) is 1. The predicted molar refractivity (Wildman–Crippen MR) is 114 cm³/mol. The summed E-state index contributed by atoms with van der Waals surface area (Å²) < 4.78 is 12.0. The summed E-state index contributed by atoms with van der Waals surface area (Å²) in [5, 5.41) is 5.01. The van der Waals surface area contributed by atoms with Gasteiger partial charge < -0.3 is 9.26 Å². The van der Waals surface area contributed by atoms with Gasteiger partial charge in [0.05, 0.1) is 21.1 Å². The van der Waals surface area contributed by atoms with E-state index in [1.165, 1.54) is 0 Å². The van der Waals surface area contributed by atoms with Gasteiger partial charge in [0.25, 0.3) is 5.89 Å². The van der Waals surface area contributed by atoms with Gasteiger partial charge in [0, 0.05) is 11.5 Å². The molecule has 0 N–H and O–H groups in total. The lowest BCUT2D eigenvalue weighted by Gasteiger charge is -2.28. The Morgan fingerprint density at radius 2 is 1.83 bits per heavy atom. The molecule has 0 unspecified atom stereocenters. The van der Waals surface area contributed by atoms with Crippen molar-refractivity contribution in [3.05, 3.63) is 65.5 Å². The van der Waals surface area contributed by atoms with Gasteiger partial charge in [0.1, 0.15) is 0 Å². The molecule has 2 atom stereocenters. The van der Waals surface area contributed by atoms with Crippen LogP contribution in [0.25, 0.3) is 21.6 Å². The van der Waals surface area contributed by atoms with Crippen molar-refractivity contribution in [2.75, 3.05) is 0 Å². The van der Waals surface area contributed by atoms with Gasteiger partial charge in [-0.05, 0) is 25.0 Å². The molecule has 1 fully saturated rings. The number of aromatic nitrogens is 3. The van der Waals surface area contributed by atoms with Gasteiger partial charge in [-0.2, -0.15) is 4.98 Å². The van der Waals surface area contributed by atoms with Crippen molar-refractivity contribution in [2.24, 2.45) is 5.92 Å². The van der Waals surface area contributed by atoms with Crippen LogP contribution in [0.1, 0.15) is 42.5 Å². The van der Waals surface area contributed by atoms with Crippen LogP contribution < -0.4 is 0 Å². The van der Waals surface area contributed by atoms with Gasteiger partial charge in [-0.15, -0.1) is 11.3 Å². The molecule has 0 saturated heterocycles. The lowest BCUT2D eigenvalue weighted by Crippen LogP contribution is -2.27. The van der Waals surface area contributed by atoms with Crippen molar-refractivity contribution >= 4 is 27.5 Å². The maximum Gasteiger partial charge on any atom is 0.310 e. The Morgan fingerprint density at radius 1 is 1.03 bits per heavy atom. The number of hydrogen-bond donors (Lipinski definition) is 0. The van der Waals surface area contributed by atoms with Crippen LogP contribution in [0.4, 0.5) is 0 Å². The minimum absolute atomic E-state index is 0.0122. The fourth-order valence-electron chi connectivity index (χ4n) is 4.02. The van der Waals surface area contributed by atoms with Crippen LogP contribution >= 0.6 is 11.3 Å². The molecule has 5 rings (SSSR count). The second kappa shape index (κ2) is 8.36. The number of fused-ring (bicyclic) bond motifs is 1. The Balaban J connectivity index is 1.28. The molecule has 0 spiro atoms. The molecule has 152 valence electrons. The highest BCUT2D eigenvalue weighted by Gasteiger charge is 2.35. The van der Waals surface area contributed by atoms with E-state index in [-0.39, 0.29) is 24.4 Å². The summed E-state index contributed by atoms with van der Waals surface area (Å²) in [5.74, 6) is 0.502. The Hall–Kier alpha value is -3.06. The highest BCUT2D eigenvalue weighted by atomic mass is 32.1. The van der Waals surface area contributed by atoms with Crippen LogP contribution in [0, 0.1) is 5.92 Å². The number of thiazole rings is 1. The van der Waals surface area contributed by atoms with E-state index in [0.29, 0.717) is 11.7 Å². The number of benzene rings is 2. The van der Waals surface area contributed by atoms with Crippen molar-refractivity contribution in [3.8, 4) is 11.4 Å². The van der Waals surface area contributed by atoms with Crippen LogP contribution in [-0.4, -0.2) is 21.1 Å². The summed E-state index contributed by atoms with van der Waals surface area (Å²) in [4.78, 5) is 22.0. The van der Waals surface area contributed by atoms with Crippen molar-refractivity contribution in [1.82, 2.24) is 15.1 Å². The molecule has 4 aromatic rings. The first-order valence-corrected chi connectivity index (χ1v) is 11.0. The molecule has 0 amide bonds. The number of carbonyl (C=O) groups is 1. The molecule has 0 aliphatic heterocycles. The smallest absolute Gasteiger partial charge is 0.310 e. The van der Waals surface area contributed by atoms with E-state index in [9.17, 15) is 4.79 Å². The fourth-order valence-corrected chi connectivity index (χ4v) is 5.18. The van der Waals surface area contributed by atoms with E-state index in [1.807, 2.05) is 48.5 Å². The minimum Gasteiger partial charge on any atom is -0.455 e. The average molecular weight is 420 g/mol. The number of hydrogen-bond acceptors (Lipinski definition) is 7. The first kappa shape index (κ1) is 18.9. The number of para-hydroxylation sites is 1. The molecule has 0 bridgehead atoms. The van der Waals surface area contributed by atoms with E-state index in [2.05, 4.69) is 16.2 Å². The highest BCUT2D eigenvalue weighted by molar-refractivity contribution is 7.18. The number of esters is 1. The van der Waals surface area contributed by atoms with Crippen LogP contribution in [0.2, 0.25) is 0 Å². The van der Waals surface area contributed by atoms with Crippen molar-refractivity contribution < 1.29 is 14.1 Å². The Kier molecular flexibility index (Phi) is 5.27. The molecule has 0 radical (unpaired) electrons. The number of nitrogens with zero attached hydrogens (tertiary/aromatic N) is 3. The van der Waals surface area contributed by atoms with Crippen molar-refractivity contribution in [2.45, 2.75) is 38.2 Å². The van der Waals surface area contributed by atoms with Crippen LogP contribution in [0.15, 0.2) is 59.1 Å². The number of carbonyl (C=O) groups excluding carboxylic acids is 1. The molecule has 7 heteroatoms. The molecule has 2 aromatic carbocycles. The van der Waals surface area contributed by atoms with Crippen LogP contribution in [0.3, 0.4) is 0 Å². The summed E-state index contributed by atoms with van der Waals surface area (Å²) in [7, 11) is 0. The Bertz CT molecular complexity index is 1120. The second-order valence-electron chi connectivity index (χ2n) is 7.50. The first-order chi connectivity index (χ1) is 14.8. The monoisotopic (exact) mass is 419 g/mol. The third-order valence-electron chi connectivity index (χ3n) is 5.53. The number of rotatable bonds is 5. The van der Waals surface area contributed by atoms with Gasteiger partial charge in [-0.1, -0.05) is 60.5 Å². The zero-order valence-electron chi connectivity index (χ0n) is 16.4. The summed E-state index contributed by atoms with van der Waals surface area (Å²) in [6.45, 7) is -0.0122. The zero-order chi connectivity index (χ0) is 20.3. The second-order valence-corrected chi connectivity index (χ2v) is 8.56. The van der Waals surface area contributed by atoms with Gasteiger partial charge in [-0.25, -0.2) is 4.98 Å². The van der Waals surface area contributed by atoms with Gasteiger partial charge in [-0.3, -0.25) is 4.79 Å². The summed E-state index contributed by atoms with van der Waals surface area (Å²) in [5.41, 5.74) is 1.86. The lowest BCUT2D eigenvalue weighted by molar-refractivity contribution is -0.152. The molecular weight excluding hydrogens is 398 g/mol. The van der Waals surface area contributed by atoms with Gasteiger partial charge in [0.15, 0.2) is 6.61 Å². The fraction of sp³-hybridized carbons (Fsp3) is 0.304. The molecule has 2 heterocycles. The van der Waals surface area contributed by atoms with Crippen molar-refractivity contribution in [1.29, 1.82) is 0 Å². The first-order valence-electron chi connectivity index (χ1n) is 10.2. The largest absolute Gasteiger partial charge is 0.455 e. The molecule has 1 aliphatic rings. The Morgan fingerprint density at radius 3 is 2.70 bits per heavy atom. The van der Waals surface area contributed by atoms with E-state index in [4.69, 9.17) is 14.2 Å². The maximum absolute atomic E-state index is 12.9. The molecule has 1 saturated carbocycles. The maximum atomic E-state index is 12.9. The van der Waals surface area contributed by atoms with Gasteiger partial charge >= 0.3 is 5.97 Å². The van der Waals surface area contributed by atoms with E-state index in [1.54, 1.807) is 11.3 Å². The third-order valence-corrected chi connectivity index (χ3v) is 6.70. The summed E-state index contributed by atoms with van der Waals surface area (Å²) in [6.07, 6.45) is 3.91. The minimum atomic E-state index is -0.210. The SMILES string of the molecule is O=C(OCc1nc(-c2ccccc2)no1)[C@H]1CCCC[C@H]1c1nc2ccccc2s1. The van der Waals surface area contributed by atoms with Crippen LogP contribution in [-0.2, 0) is 16.1 Å². The van der Waals surface area contributed by atoms with Crippen LogP contribution in [0.5, 0.6) is 0 Å². The van der Waals surface area contributed by atoms with Crippen molar-refractivity contribution in [3.63, 3.8) is 0 Å². The predicted octanol–water partition coefficient (Wildman–Crippen LogP) is 5.36. The molecule has 2 aromatic heterocycles. The van der Waals surface area contributed by atoms with Gasteiger partial charge in [0.2, 0.25) is 5.82 Å². The molecular formula is C23H21N3O3S. The normalized spacial score (nSPS) is 19.1. The topological polar surface area (TPSA) is 78.1 Å². The lowest BCUT2D eigenvalue weighted by atomic mass is 9.79. The molecule has 1 aliphatic carbocycles. The molecule has 30 heavy (non-hydrogen) atoms. The van der Waals surface area contributed by atoms with E-state index >= 15 is 0 Å². The van der Waals surface area contributed by atoms with E-state index in [0.717, 1.165) is 46.5 Å². The standard InChI is InChI=1S/C23H21N3O3S/c27-23(28-14-20-25-21(26-29-20)15-8-2-1-3-9-15)17-11-5-4-10-16(17)22-24-18-12-6-7-13-19(18)30-22/h1-3,6-9,12-13,16-17H,4-5,10-11,14H2/t16-,17+/m1/s1. The summed E-state index contributed by atoms with van der Waals surface area (Å²) >= 11 is 1.68.